The van der Waals surface area contributed by atoms with Crippen molar-refractivity contribution in [2.75, 3.05) is 13.2 Å². The summed E-state index contributed by atoms with van der Waals surface area (Å²) in [5.41, 5.74) is 0. The Labute approximate surface area is 545 Å². The highest BCUT2D eigenvalue weighted by Crippen LogP contribution is 2.20. The van der Waals surface area contributed by atoms with Gasteiger partial charge in [0.1, 0.15) is 0 Å². The zero-order valence-electron chi connectivity index (χ0n) is 59.3. The molecule has 0 radical (unpaired) electrons. The highest BCUT2D eigenvalue weighted by atomic mass is 16.5. The number of amides is 1. The number of carbonyl (C=O) groups excluding carboxylic acids is 2. The summed E-state index contributed by atoms with van der Waals surface area (Å²) in [4.78, 5) is 24.7. The molecule has 0 aromatic rings. The van der Waals surface area contributed by atoms with Crippen LogP contribution in [0.2, 0.25) is 0 Å². The highest BCUT2D eigenvalue weighted by Gasteiger charge is 2.18. The second-order valence-corrected chi connectivity index (χ2v) is 27.8. The van der Waals surface area contributed by atoms with Gasteiger partial charge in [0.05, 0.1) is 25.4 Å². The summed E-state index contributed by atoms with van der Waals surface area (Å²) in [7, 11) is 0. The number of esters is 1. The van der Waals surface area contributed by atoms with E-state index in [0.717, 1.165) is 38.5 Å². The van der Waals surface area contributed by atoms with Gasteiger partial charge in [0.25, 0.3) is 0 Å². The van der Waals surface area contributed by atoms with Crippen LogP contribution in [0, 0.1) is 0 Å². The van der Waals surface area contributed by atoms with Crippen molar-refractivity contribution in [1.82, 2.24) is 5.32 Å². The Balaban J connectivity index is 3.38. The Kier molecular flexibility index (Phi) is 75.3. The number of allylic oxidation sites excluding steroid dienone is 3. The molecule has 3 N–H and O–H groups in total. The summed E-state index contributed by atoms with van der Waals surface area (Å²) in [6.07, 6.45) is 98.7. The zero-order chi connectivity index (χ0) is 62.8. The van der Waals surface area contributed by atoms with E-state index in [4.69, 9.17) is 4.74 Å². The first kappa shape index (κ1) is 85.3. The van der Waals surface area contributed by atoms with Crippen LogP contribution in [0.1, 0.15) is 457 Å². The van der Waals surface area contributed by atoms with Crippen LogP contribution < -0.4 is 5.32 Å². The van der Waals surface area contributed by atoms with Crippen LogP contribution in [0.5, 0.6) is 0 Å². The van der Waals surface area contributed by atoms with Crippen LogP contribution in [0.3, 0.4) is 0 Å². The van der Waals surface area contributed by atoms with Gasteiger partial charge in [-0.1, -0.05) is 411 Å². The lowest BCUT2D eigenvalue weighted by Crippen LogP contribution is -2.45. The number of unbranched alkanes of at least 4 members (excludes halogenated alkanes) is 63. The maximum atomic E-state index is 12.6. The number of ether oxygens (including phenoxy) is 1. The van der Waals surface area contributed by atoms with E-state index in [2.05, 4.69) is 31.3 Å². The lowest BCUT2D eigenvalue weighted by atomic mass is 10.0. The van der Waals surface area contributed by atoms with Gasteiger partial charge in [0.15, 0.2) is 0 Å². The molecular weight excluding hydrogens is 1070 g/mol. The lowest BCUT2D eigenvalue weighted by Gasteiger charge is -2.20. The third-order valence-corrected chi connectivity index (χ3v) is 19.0. The first-order valence-electron chi connectivity index (χ1n) is 40.1. The number of nitrogens with one attached hydrogen (secondary N) is 1. The van der Waals surface area contributed by atoms with Gasteiger partial charge in [-0.15, -0.1) is 0 Å². The molecule has 2 unspecified atom stereocenters. The van der Waals surface area contributed by atoms with Crippen LogP contribution in [0.4, 0.5) is 0 Å². The van der Waals surface area contributed by atoms with Gasteiger partial charge in [-0.2, -0.15) is 0 Å². The molecule has 0 aromatic heterocycles. The second-order valence-electron chi connectivity index (χ2n) is 27.8. The van der Waals surface area contributed by atoms with Gasteiger partial charge >= 0.3 is 5.97 Å². The topological polar surface area (TPSA) is 95.9 Å². The minimum Gasteiger partial charge on any atom is -0.466 e. The number of rotatable bonds is 76. The number of hydrogen-bond acceptors (Lipinski definition) is 5. The van der Waals surface area contributed by atoms with Gasteiger partial charge < -0.3 is 20.3 Å². The molecule has 0 aliphatic heterocycles. The van der Waals surface area contributed by atoms with Crippen LogP contribution >= 0.6 is 0 Å². The fourth-order valence-electron chi connectivity index (χ4n) is 12.9. The third kappa shape index (κ3) is 73.3. The molecule has 6 nitrogen and oxygen atoms in total. The number of aliphatic hydroxyl groups excluding tert-OH is 2. The van der Waals surface area contributed by atoms with Crippen molar-refractivity contribution in [3.8, 4) is 0 Å². The molecule has 6 heteroatoms. The largest absolute Gasteiger partial charge is 0.466 e. The standard InChI is InChI=1S/C81H157NO5/c1-3-5-7-9-11-13-15-17-19-21-22-23-32-35-38-42-45-49-53-57-61-65-69-73-79(84)78(77-83)82-80(85)74-70-66-62-58-54-50-46-43-39-36-33-30-28-26-24-25-27-29-31-34-37-40-44-48-52-56-60-64-68-72-76-87-81(86)75-71-67-63-59-55-51-47-41-20-18-16-14-12-10-8-6-4-2/h25,27,69,73,78-79,83-84H,3-24,26,28-68,70-72,74-77H2,1-2H3,(H,82,85)/b27-25-,73-69+. The fourth-order valence-corrected chi connectivity index (χ4v) is 12.9. The van der Waals surface area contributed by atoms with Crippen molar-refractivity contribution in [1.29, 1.82) is 0 Å². The minimum atomic E-state index is -0.845. The lowest BCUT2D eigenvalue weighted by molar-refractivity contribution is -0.143. The average molecular weight is 1230 g/mol. The predicted octanol–water partition coefficient (Wildman–Crippen LogP) is 26.4. The van der Waals surface area contributed by atoms with E-state index in [-0.39, 0.29) is 18.5 Å². The molecule has 2 atom stereocenters. The summed E-state index contributed by atoms with van der Waals surface area (Å²) in [5, 5.41) is 23.3. The van der Waals surface area contributed by atoms with Crippen LogP contribution in [0.25, 0.3) is 0 Å². The number of hydrogen-bond donors (Lipinski definition) is 3. The molecule has 87 heavy (non-hydrogen) atoms. The van der Waals surface area contributed by atoms with Gasteiger partial charge in [-0.05, 0) is 57.8 Å². The summed E-state index contributed by atoms with van der Waals surface area (Å²) in [5.74, 6) is -0.0394. The Hall–Kier alpha value is -1.66. The summed E-state index contributed by atoms with van der Waals surface area (Å²) < 4.78 is 5.51. The maximum absolute atomic E-state index is 12.6. The molecule has 0 aromatic carbocycles. The van der Waals surface area contributed by atoms with Gasteiger partial charge in [0, 0.05) is 12.8 Å². The molecule has 0 fully saturated rings. The average Bonchev–Trinajstić information content (AvgIpc) is 3.58. The van der Waals surface area contributed by atoms with E-state index in [1.165, 1.54) is 392 Å². The monoisotopic (exact) mass is 1220 g/mol. The Bertz CT molecular complexity index is 1360. The quantitative estimate of drug-likeness (QED) is 0.0320. The van der Waals surface area contributed by atoms with Gasteiger partial charge in [0.2, 0.25) is 5.91 Å². The number of aliphatic hydroxyl groups is 2. The van der Waals surface area contributed by atoms with E-state index in [1.807, 2.05) is 6.08 Å². The molecule has 0 spiro atoms. The predicted molar refractivity (Wildman–Crippen MR) is 384 cm³/mol. The first-order chi connectivity index (χ1) is 43.0. The Morgan fingerprint density at radius 3 is 0.816 bits per heavy atom. The van der Waals surface area contributed by atoms with E-state index in [0.29, 0.717) is 19.4 Å². The van der Waals surface area contributed by atoms with Crippen molar-refractivity contribution in [3.63, 3.8) is 0 Å². The molecule has 0 saturated carbocycles. The minimum absolute atomic E-state index is 0.0219. The van der Waals surface area contributed by atoms with Crippen molar-refractivity contribution in [2.45, 2.75) is 469 Å². The Morgan fingerprint density at radius 1 is 0.310 bits per heavy atom. The Morgan fingerprint density at radius 2 is 0.540 bits per heavy atom. The maximum Gasteiger partial charge on any atom is 0.305 e. The van der Waals surface area contributed by atoms with Crippen molar-refractivity contribution in [3.05, 3.63) is 24.3 Å². The zero-order valence-corrected chi connectivity index (χ0v) is 59.3. The SMILES string of the molecule is CCCCCCCCCCCCCCCCCCCCCCC/C=C/C(O)C(CO)NC(=O)CCCCCCCCCCCCCCCC/C=C\CCCCCCCCCCCCCCOC(=O)CCCCCCCCCCCCCCCCCCC. The van der Waals surface area contributed by atoms with E-state index in [1.54, 1.807) is 6.08 Å². The molecule has 1 amide bonds. The van der Waals surface area contributed by atoms with E-state index < -0.39 is 12.1 Å². The first-order valence-corrected chi connectivity index (χ1v) is 40.1. The smallest absolute Gasteiger partial charge is 0.305 e. The molecule has 0 rings (SSSR count). The summed E-state index contributed by atoms with van der Waals surface area (Å²) in [6.45, 7) is 4.96. The summed E-state index contributed by atoms with van der Waals surface area (Å²) >= 11 is 0. The van der Waals surface area contributed by atoms with Crippen molar-refractivity contribution in [2.24, 2.45) is 0 Å². The van der Waals surface area contributed by atoms with E-state index in [9.17, 15) is 19.8 Å². The molecule has 0 aliphatic rings. The van der Waals surface area contributed by atoms with Crippen LogP contribution in [0.15, 0.2) is 24.3 Å². The van der Waals surface area contributed by atoms with Crippen molar-refractivity contribution >= 4 is 11.9 Å². The molecular formula is C81H157NO5. The van der Waals surface area contributed by atoms with Gasteiger partial charge in [-0.3, -0.25) is 9.59 Å². The van der Waals surface area contributed by atoms with E-state index >= 15 is 0 Å². The van der Waals surface area contributed by atoms with Gasteiger partial charge in [-0.25, -0.2) is 0 Å². The molecule has 0 bridgehead atoms. The summed E-state index contributed by atoms with van der Waals surface area (Å²) in [6, 6.07) is -0.628. The molecule has 516 valence electrons. The number of carbonyl (C=O) groups is 2. The fraction of sp³-hybridized carbons (Fsp3) is 0.926. The van der Waals surface area contributed by atoms with Crippen molar-refractivity contribution < 1.29 is 24.5 Å². The highest BCUT2D eigenvalue weighted by molar-refractivity contribution is 5.76. The van der Waals surface area contributed by atoms with Crippen LogP contribution in [-0.2, 0) is 14.3 Å². The molecule has 0 saturated heterocycles. The normalized spacial score (nSPS) is 12.6. The van der Waals surface area contributed by atoms with Crippen LogP contribution in [-0.4, -0.2) is 47.4 Å². The molecule has 0 heterocycles. The molecule has 0 aliphatic carbocycles. The third-order valence-electron chi connectivity index (χ3n) is 19.0. The second kappa shape index (κ2) is 76.8.